The van der Waals surface area contributed by atoms with Crippen molar-refractivity contribution in [3.05, 3.63) is 48.0 Å². The first kappa shape index (κ1) is 15.2. The van der Waals surface area contributed by atoms with E-state index < -0.39 is 0 Å². The third-order valence-corrected chi connectivity index (χ3v) is 3.56. The molecule has 3 heteroatoms. The molecular weight excluding hydrogens is 264 g/mol. The fourth-order valence-corrected chi connectivity index (χ4v) is 2.38. The van der Waals surface area contributed by atoms with Gasteiger partial charge in [-0.25, -0.2) is 0 Å². The van der Waals surface area contributed by atoms with Gasteiger partial charge in [-0.05, 0) is 17.2 Å². The summed E-state index contributed by atoms with van der Waals surface area (Å²) in [6.45, 7) is 3.65. The highest BCUT2D eigenvalue weighted by Crippen LogP contribution is 2.19. The van der Waals surface area contributed by atoms with Gasteiger partial charge in [0.25, 0.3) is 0 Å². The van der Waals surface area contributed by atoms with Crippen LogP contribution >= 0.6 is 0 Å². The number of benzene rings is 2. The molecule has 0 heterocycles. The van der Waals surface area contributed by atoms with Crippen LogP contribution in [0.1, 0.15) is 37.0 Å². The molecule has 0 aliphatic heterocycles. The first-order valence-electron chi connectivity index (χ1n) is 7.31. The maximum Gasteiger partial charge on any atom is 0.309 e. The van der Waals surface area contributed by atoms with Crippen molar-refractivity contribution in [1.29, 1.82) is 0 Å². The maximum absolute atomic E-state index is 12.3. The highest BCUT2D eigenvalue weighted by atomic mass is 16.5. The summed E-state index contributed by atoms with van der Waals surface area (Å²) in [6, 6.07) is 13.3. The lowest BCUT2D eigenvalue weighted by Gasteiger charge is -2.10. The lowest BCUT2D eigenvalue weighted by Crippen LogP contribution is -2.19. The van der Waals surface area contributed by atoms with Crippen LogP contribution < -0.4 is 0 Å². The average molecular weight is 284 g/mol. The van der Waals surface area contributed by atoms with Gasteiger partial charge in [-0.2, -0.15) is 0 Å². The van der Waals surface area contributed by atoms with Crippen LogP contribution in [0.3, 0.4) is 0 Å². The van der Waals surface area contributed by atoms with Crippen molar-refractivity contribution in [1.82, 2.24) is 0 Å². The van der Waals surface area contributed by atoms with Gasteiger partial charge in [-0.1, -0.05) is 62.7 Å². The quantitative estimate of drug-likeness (QED) is 0.595. The summed E-state index contributed by atoms with van der Waals surface area (Å²) < 4.78 is 5.13. The standard InChI is InChI=1S/C18H20O3/c1-3-7-13(2)18(20)21-12-17(19)16-11-6-9-14-8-4-5-10-15(14)16/h4-6,8-11,13H,3,7,12H2,1-2H3/t13-/m0/s1. The highest BCUT2D eigenvalue weighted by Gasteiger charge is 2.16. The Labute approximate surface area is 124 Å². The van der Waals surface area contributed by atoms with Gasteiger partial charge in [0.2, 0.25) is 5.78 Å². The number of esters is 1. The maximum atomic E-state index is 12.3. The number of rotatable bonds is 6. The first-order valence-corrected chi connectivity index (χ1v) is 7.31. The van der Waals surface area contributed by atoms with E-state index in [2.05, 4.69) is 0 Å². The van der Waals surface area contributed by atoms with Gasteiger partial charge >= 0.3 is 5.97 Å². The van der Waals surface area contributed by atoms with Crippen LogP contribution in [-0.4, -0.2) is 18.4 Å². The smallest absolute Gasteiger partial charge is 0.309 e. The molecule has 0 aliphatic carbocycles. The number of carbonyl (C=O) groups excluding carboxylic acids is 2. The molecule has 3 nitrogen and oxygen atoms in total. The van der Waals surface area contributed by atoms with Gasteiger partial charge < -0.3 is 4.74 Å². The molecule has 0 spiro atoms. The van der Waals surface area contributed by atoms with E-state index in [9.17, 15) is 9.59 Å². The summed E-state index contributed by atoms with van der Waals surface area (Å²) in [4.78, 5) is 24.0. The molecule has 0 N–H and O–H groups in total. The number of hydrogen-bond donors (Lipinski definition) is 0. The van der Waals surface area contributed by atoms with Crippen molar-refractivity contribution in [2.24, 2.45) is 5.92 Å². The van der Waals surface area contributed by atoms with Crippen LogP contribution in [0.25, 0.3) is 10.8 Å². The van der Waals surface area contributed by atoms with Gasteiger partial charge in [0.15, 0.2) is 6.61 Å². The van der Waals surface area contributed by atoms with E-state index in [0.717, 1.165) is 23.6 Å². The number of ether oxygens (including phenoxy) is 1. The molecule has 0 unspecified atom stereocenters. The highest BCUT2D eigenvalue weighted by molar-refractivity contribution is 6.09. The third kappa shape index (κ3) is 3.69. The minimum Gasteiger partial charge on any atom is -0.457 e. The molecule has 1 atom stereocenters. The van der Waals surface area contributed by atoms with Crippen LogP contribution in [0, 0.1) is 5.92 Å². The molecule has 2 rings (SSSR count). The van der Waals surface area contributed by atoms with Gasteiger partial charge in [0, 0.05) is 5.56 Å². The largest absolute Gasteiger partial charge is 0.457 e. The topological polar surface area (TPSA) is 43.4 Å². The van der Waals surface area contributed by atoms with E-state index in [1.165, 1.54) is 0 Å². The summed E-state index contributed by atoms with van der Waals surface area (Å²) in [5.74, 6) is -0.621. The Hall–Kier alpha value is -2.16. The second kappa shape index (κ2) is 7.02. The summed E-state index contributed by atoms with van der Waals surface area (Å²) >= 11 is 0. The van der Waals surface area contributed by atoms with Crippen LogP contribution in [0.5, 0.6) is 0 Å². The number of hydrogen-bond acceptors (Lipinski definition) is 3. The van der Waals surface area contributed by atoms with Crippen molar-refractivity contribution in [2.45, 2.75) is 26.7 Å². The molecule has 0 bridgehead atoms. The van der Waals surface area contributed by atoms with Gasteiger partial charge in [-0.15, -0.1) is 0 Å². The van der Waals surface area contributed by atoms with Crippen LogP contribution in [0.4, 0.5) is 0 Å². The number of carbonyl (C=O) groups is 2. The average Bonchev–Trinajstić information content (AvgIpc) is 2.51. The Morgan fingerprint density at radius 3 is 2.57 bits per heavy atom. The molecule has 2 aromatic rings. The predicted molar refractivity (Wildman–Crippen MR) is 83.3 cm³/mol. The van der Waals surface area contributed by atoms with Crippen molar-refractivity contribution in [3.8, 4) is 0 Å². The molecule has 0 amide bonds. The van der Waals surface area contributed by atoms with E-state index in [4.69, 9.17) is 4.74 Å². The molecule has 0 radical (unpaired) electrons. The van der Waals surface area contributed by atoms with Crippen LogP contribution in [0.2, 0.25) is 0 Å². The zero-order valence-electron chi connectivity index (χ0n) is 12.5. The summed E-state index contributed by atoms with van der Waals surface area (Å²) in [5.41, 5.74) is 0.601. The fourth-order valence-electron chi connectivity index (χ4n) is 2.38. The molecular formula is C18H20O3. The third-order valence-electron chi connectivity index (χ3n) is 3.56. The molecule has 21 heavy (non-hydrogen) atoms. The van der Waals surface area contributed by atoms with Gasteiger partial charge in [-0.3, -0.25) is 9.59 Å². The SMILES string of the molecule is CCC[C@H](C)C(=O)OCC(=O)c1cccc2ccccc12. The molecule has 0 saturated heterocycles. The number of Topliss-reactive ketones (excluding diaryl/α,β-unsaturated/α-hetero) is 1. The summed E-state index contributed by atoms with van der Waals surface area (Å²) in [5, 5.41) is 1.90. The van der Waals surface area contributed by atoms with Crippen molar-refractivity contribution >= 4 is 22.5 Å². The second-order valence-corrected chi connectivity index (χ2v) is 5.25. The molecule has 110 valence electrons. The normalized spacial score (nSPS) is 12.1. The van der Waals surface area contributed by atoms with E-state index in [-0.39, 0.29) is 24.3 Å². The Morgan fingerprint density at radius 1 is 1.10 bits per heavy atom. The molecule has 0 fully saturated rings. The Morgan fingerprint density at radius 2 is 1.81 bits per heavy atom. The summed E-state index contributed by atoms with van der Waals surface area (Å²) in [7, 11) is 0. The number of fused-ring (bicyclic) bond motifs is 1. The second-order valence-electron chi connectivity index (χ2n) is 5.25. The Bertz CT molecular complexity index is 640. The number of ketones is 1. The van der Waals surface area contributed by atoms with E-state index in [0.29, 0.717) is 5.56 Å². The Kier molecular flexibility index (Phi) is 5.09. The van der Waals surface area contributed by atoms with Gasteiger partial charge in [0.1, 0.15) is 0 Å². The first-order chi connectivity index (χ1) is 10.1. The minimum atomic E-state index is -0.301. The molecule has 2 aromatic carbocycles. The van der Waals surface area contributed by atoms with Crippen LogP contribution in [-0.2, 0) is 9.53 Å². The predicted octanol–water partition coefficient (Wildman–Crippen LogP) is 4.00. The van der Waals surface area contributed by atoms with E-state index in [1.54, 1.807) is 6.07 Å². The van der Waals surface area contributed by atoms with Crippen molar-refractivity contribution < 1.29 is 14.3 Å². The van der Waals surface area contributed by atoms with Crippen molar-refractivity contribution in [2.75, 3.05) is 6.61 Å². The lowest BCUT2D eigenvalue weighted by molar-refractivity contribution is -0.146. The molecule has 0 aromatic heterocycles. The minimum absolute atomic E-state index is 0.157. The van der Waals surface area contributed by atoms with Crippen LogP contribution in [0.15, 0.2) is 42.5 Å². The van der Waals surface area contributed by atoms with E-state index in [1.807, 2.05) is 50.2 Å². The van der Waals surface area contributed by atoms with E-state index >= 15 is 0 Å². The monoisotopic (exact) mass is 284 g/mol. The lowest BCUT2D eigenvalue weighted by atomic mass is 10.0. The van der Waals surface area contributed by atoms with Gasteiger partial charge in [0.05, 0.1) is 5.92 Å². The zero-order chi connectivity index (χ0) is 15.2. The summed E-state index contributed by atoms with van der Waals surface area (Å²) in [6.07, 6.45) is 1.70. The fraction of sp³-hybridized carbons (Fsp3) is 0.333. The Balaban J connectivity index is 2.08. The molecule has 0 saturated carbocycles. The zero-order valence-corrected chi connectivity index (χ0v) is 12.5. The molecule has 0 aliphatic rings. The van der Waals surface area contributed by atoms with Crippen molar-refractivity contribution in [3.63, 3.8) is 0 Å².